The van der Waals surface area contributed by atoms with Crippen LogP contribution >= 0.6 is 0 Å². The maximum atomic E-state index is 8.93. The van der Waals surface area contributed by atoms with Crippen LogP contribution in [0.25, 0.3) is 10.9 Å². The number of aryl methyl sites for hydroxylation is 2. The van der Waals surface area contributed by atoms with Gasteiger partial charge in [-0.1, -0.05) is 0 Å². The van der Waals surface area contributed by atoms with Crippen LogP contribution in [-0.2, 0) is 11.3 Å². The van der Waals surface area contributed by atoms with Crippen molar-refractivity contribution in [2.24, 2.45) is 0 Å². The Morgan fingerprint density at radius 2 is 1.97 bits per heavy atom. The fraction of sp³-hybridized carbons (Fsp3) is 0.360. The Morgan fingerprint density at radius 1 is 1.17 bits per heavy atom. The molecular formula is C25H27N3O2. The molecule has 30 heavy (non-hydrogen) atoms. The van der Waals surface area contributed by atoms with Gasteiger partial charge < -0.3 is 14.4 Å². The summed E-state index contributed by atoms with van der Waals surface area (Å²) in [6.07, 6.45) is 2.35. The van der Waals surface area contributed by atoms with Crippen molar-refractivity contribution in [3.8, 4) is 11.8 Å². The van der Waals surface area contributed by atoms with Gasteiger partial charge in [0.2, 0.25) is 0 Å². The van der Waals surface area contributed by atoms with E-state index in [1.165, 1.54) is 23.1 Å². The highest BCUT2D eigenvalue weighted by Crippen LogP contribution is 2.34. The summed E-state index contributed by atoms with van der Waals surface area (Å²) in [5.74, 6) is 0.755. The lowest BCUT2D eigenvalue weighted by Gasteiger charge is -2.28. The minimum absolute atomic E-state index is 0.416. The molecule has 2 aromatic carbocycles. The number of ether oxygens (including phenoxy) is 2. The Kier molecular flexibility index (Phi) is 5.87. The largest absolute Gasteiger partial charge is 0.489 e. The van der Waals surface area contributed by atoms with Crippen LogP contribution in [-0.4, -0.2) is 31.3 Å². The van der Waals surface area contributed by atoms with Crippen LogP contribution in [0.1, 0.15) is 35.2 Å². The summed E-state index contributed by atoms with van der Waals surface area (Å²) in [6, 6.07) is 16.3. The molecule has 154 valence electrons. The minimum Gasteiger partial charge on any atom is -0.489 e. The molecule has 1 fully saturated rings. The van der Waals surface area contributed by atoms with Crippen LogP contribution < -0.4 is 9.64 Å². The number of aromatic nitrogens is 1. The predicted octanol–water partition coefficient (Wildman–Crippen LogP) is 4.92. The third kappa shape index (κ3) is 4.10. The van der Waals surface area contributed by atoms with Crippen LogP contribution in [0.3, 0.4) is 0 Å². The lowest BCUT2D eigenvalue weighted by Crippen LogP contribution is -2.33. The fourth-order valence-electron chi connectivity index (χ4n) is 4.23. The average Bonchev–Trinajstić information content (AvgIpc) is 3.21. The minimum atomic E-state index is 0.416. The zero-order valence-corrected chi connectivity index (χ0v) is 17.8. The monoisotopic (exact) mass is 401 g/mol. The summed E-state index contributed by atoms with van der Waals surface area (Å²) < 4.78 is 11.4. The van der Waals surface area contributed by atoms with Crippen LogP contribution in [0.2, 0.25) is 0 Å². The van der Waals surface area contributed by atoms with Crippen molar-refractivity contribution in [1.29, 1.82) is 5.26 Å². The highest BCUT2D eigenvalue weighted by Gasteiger charge is 2.26. The smallest absolute Gasteiger partial charge is 0.119 e. The molecule has 5 heteroatoms. The molecule has 0 radical (unpaired) electrons. The van der Waals surface area contributed by atoms with E-state index in [1.54, 1.807) is 19.2 Å². The molecule has 0 bridgehead atoms. The van der Waals surface area contributed by atoms with Gasteiger partial charge in [-0.25, -0.2) is 0 Å². The fourth-order valence-corrected chi connectivity index (χ4v) is 4.23. The molecule has 3 aromatic rings. The van der Waals surface area contributed by atoms with E-state index in [2.05, 4.69) is 43.0 Å². The maximum absolute atomic E-state index is 8.93. The van der Waals surface area contributed by atoms with Gasteiger partial charge in [-0.2, -0.15) is 5.26 Å². The number of anilines is 1. The van der Waals surface area contributed by atoms with Crippen LogP contribution in [0.4, 0.5) is 5.69 Å². The summed E-state index contributed by atoms with van der Waals surface area (Å²) in [6.45, 7) is 6.44. The number of hydrogen-bond acceptors (Lipinski definition) is 5. The highest BCUT2D eigenvalue weighted by atomic mass is 16.5. The summed E-state index contributed by atoms with van der Waals surface area (Å²) in [4.78, 5) is 7.29. The SMILES string of the molecule is COCC1CCCN1c1cc(C)nc2cc(COc3ccc(C#N)cc3)c(C)cc12. The van der Waals surface area contributed by atoms with E-state index in [0.29, 0.717) is 18.2 Å². The van der Waals surface area contributed by atoms with Gasteiger partial charge in [0.1, 0.15) is 12.4 Å². The molecule has 2 heterocycles. The van der Waals surface area contributed by atoms with Gasteiger partial charge in [-0.15, -0.1) is 0 Å². The molecule has 1 unspecified atom stereocenters. The normalized spacial score (nSPS) is 16.1. The van der Waals surface area contributed by atoms with Crippen LogP contribution in [0, 0.1) is 25.2 Å². The summed E-state index contributed by atoms with van der Waals surface area (Å²) >= 11 is 0. The van der Waals surface area contributed by atoms with E-state index in [-0.39, 0.29) is 0 Å². The van der Waals surface area contributed by atoms with Crippen molar-refractivity contribution in [2.45, 2.75) is 39.3 Å². The number of nitrogens with zero attached hydrogens (tertiary/aromatic N) is 3. The first-order chi connectivity index (χ1) is 14.6. The molecule has 5 nitrogen and oxygen atoms in total. The van der Waals surface area contributed by atoms with E-state index in [9.17, 15) is 0 Å². The number of methoxy groups -OCH3 is 1. The number of nitriles is 1. The van der Waals surface area contributed by atoms with Crippen LogP contribution in [0.5, 0.6) is 5.75 Å². The van der Waals surface area contributed by atoms with Gasteiger partial charge in [-0.3, -0.25) is 4.98 Å². The average molecular weight is 402 g/mol. The second-order valence-electron chi connectivity index (χ2n) is 7.95. The van der Waals surface area contributed by atoms with E-state index in [1.807, 2.05) is 12.1 Å². The predicted molar refractivity (Wildman–Crippen MR) is 119 cm³/mol. The Bertz CT molecular complexity index is 1090. The molecule has 1 atom stereocenters. The first-order valence-electron chi connectivity index (χ1n) is 10.4. The van der Waals surface area contributed by atoms with E-state index >= 15 is 0 Å². The lowest BCUT2D eigenvalue weighted by molar-refractivity contribution is 0.181. The summed E-state index contributed by atoms with van der Waals surface area (Å²) in [7, 11) is 1.77. The van der Waals surface area contributed by atoms with Gasteiger partial charge >= 0.3 is 0 Å². The second-order valence-corrected chi connectivity index (χ2v) is 7.95. The van der Waals surface area contributed by atoms with Crippen molar-refractivity contribution in [2.75, 3.05) is 25.2 Å². The third-order valence-corrected chi connectivity index (χ3v) is 5.80. The molecule has 4 rings (SSSR count). The standard InChI is InChI=1S/C25H27N3O2/c1-17-11-23-24(13-20(17)15-30-22-8-6-19(14-26)7-9-22)27-18(2)12-25(23)28-10-4-5-21(28)16-29-3/h6-9,11-13,21H,4-5,10,15-16H2,1-3H3. The molecule has 0 aliphatic carbocycles. The number of pyridine rings is 1. The molecule has 1 aliphatic rings. The van der Waals surface area contributed by atoms with Crippen molar-refractivity contribution >= 4 is 16.6 Å². The summed E-state index contributed by atoms with van der Waals surface area (Å²) in [5.41, 5.74) is 6.20. The molecular weight excluding hydrogens is 374 g/mol. The molecule has 0 saturated carbocycles. The Labute approximate surface area is 177 Å². The molecule has 0 spiro atoms. The Balaban J connectivity index is 1.64. The zero-order chi connectivity index (χ0) is 21.1. The van der Waals surface area contributed by atoms with Crippen LogP contribution in [0.15, 0.2) is 42.5 Å². The molecule has 0 N–H and O–H groups in total. The topological polar surface area (TPSA) is 58.4 Å². The first-order valence-corrected chi connectivity index (χ1v) is 10.4. The molecule has 0 amide bonds. The van der Waals surface area contributed by atoms with Crippen molar-refractivity contribution < 1.29 is 9.47 Å². The van der Waals surface area contributed by atoms with Crippen molar-refractivity contribution in [3.63, 3.8) is 0 Å². The van der Waals surface area contributed by atoms with Gasteiger partial charge in [0.05, 0.1) is 29.8 Å². The van der Waals surface area contributed by atoms with Gasteiger partial charge in [0, 0.05) is 30.4 Å². The molecule has 1 saturated heterocycles. The van der Waals surface area contributed by atoms with Gasteiger partial charge in [-0.05, 0) is 80.3 Å². The van der Waals surface area contributed by atoms with Crippen molar-refractivity contribution in [1.82, 2.24) is 4.98 Å². The number of hydrogen-bond donors (Lipinski definition) is 0. The quantitative estimate of drug-likeness (QED) is 0.587. The van der Waals surface area contributed by atoms with Crippen molar-refractivity contribution in [3.05, 3.63) is 64.8 Å². The number of fused-ring (bicyclic) bond motifs is 1. The second kappa shape index (κ2) is 8.73. The highest BCUT2D eigenvalue weighted by molar-refractivity contribution is 5.93. The third-order valence-electron chi connectivity index (χ3n) is 5.80. The number of rotatable bonds is 6. The molecule has 1 aliphatic heterocycles. The first kappa shape index (κ1) is 20.2. The van der Waals surface area contributed by atoms with E-state index in [4.69, 9.17) is 19.7 Å². The van der Waals surface area contributed by atoms with Gasteiger partial charge in [0.25, 0.3) is 0 Å². The van der Waals surface area contributed by atoms with E-state index < -0.39 is 0 Å². The summed E-state index contributed by atoms with van der Waals surface area (Å²) in [5, 5.41) is 10.1. The lowest BCUT2D eigenvalue weighted by atomic mass is 10.0. The molecule has 1 aromatic heterocycles. The van der Waals surface area contributed by atoms with E-state index in [0.717, 1.165) is 42.1 Å². The number of benzene rings is 2. The van der Waals surface area contributed by atoms with Gasteiger partial charge in [0.15, 0.2) is 0 Å². The Hall–Kier alpha value is -3.10. The Morgan fingerprint density at radius 3 is 2.70 bits per heavy atom. The maximum Gasteiger partial charge on any atom is 0.119 e. The zero-order valence-electron chi connectivity index (χ0n) is 17.8.